The fourth-order valence-corrected chi connectivity index (χ4v) is 3.26. The van der Waals surface area contributed by atoms with E-state index in [1.165, 1.54) is 4.57 Å². The van der Waals surface area contributed by atoms with Crippen LogP contribution < -0.4 is 0 Å². The minimum Gasteiger partial charge on any atom is -0.443 e. The van der Waals surface area contributed by atoms with E-state index in [-0.39, 0.29) is 5.78 Å². The lowest BCUT2D eigenvalue weighted by Gasteiger charge is -2.19. The van der Waals surface area contributed by atoms with Crippen molar-refractivity contribution < 1.29 is 14.3 Å². The zero-order valence-electron chi connectivity index (χ0n) is 14.2. The minimum atomic E-state index is -0.600. The van der Waals surface area contributed by atoms with Gasteiger partial charge in [-0.25, -0.2) is 4.79 Å². The Morgan fingerprint density at radius 2 is 1.68 bits per heavy atom. The molecule has 4 nitrogen and oxygen atoms in total. The van der Waals surface area contributed by atoms with Crippen molar-refractivity contribution in [2.75, 3.05) is 0 Å². The SMILES string of the molecule is CC(C)(C)OC(=O)n1cc(Br)c2c(C(=O)c3ccccc3)cccc21. The van der Waals surface area contributed by atoms with Crippen LogP contribution in [0.15, 0.2) is 59.2 Å². The van der Waals surface area contributed by atoms with Gasteiger partial charge in [-0.05, 0) is 42.8 Å². The van der Waals surface area contributed by atoms with Crippen LogP contribution >= 0.6 is 15.9 Å². The summed E-state index contributed by atoms with van der Waals surface area (Å²) < 4.78 is 7.55. The number of rotatable bonds is 2. The first kappa shape index (κ1) is 17.4. The van der Waals surface area contributed by atoms with Crippen molar-refractivity contribution in [1.82, 2.24) is 4.57 Å². The predicted octanol–water partition coefficient (Wildman–Crippen LogP) is 5.42. The maximum absolute atomic E-state index is 12.9. The molecule has 0 bridgehead atoms. The molecule has 0 saturated heterocycles. The van der Waals surface area contributed by atoms with Crippen molar-refractivity contribution in [3.63, 3.8) is 0 Å². The van der Waals surface area contributed by atoms with E-state index in [0.29, 0.717) is 26.5 Å². The zero-order chi connectivity index (χ0) is 18.2. The van der Waals surface area contributed by atoms with Crippen molar-refractivity contribution in [3.8, 4) is 0 Å². The average Bonchev–Trinajstić information content (AvgIpc) is 2.91. The van der Waals surface area contributed by atoms with Crippen molar-refractivity contribution in [2.24, 2.45) is 0 Å². The molecule has 128 valence electrons. The van der Waals surface area contributed by atoms with Crippen LogP contribution in [0.1, 0.15) is 36.7 Å². The third-order valence-corrected chi connectivity index (χ3v) is 4.26. The van der Waals surface area contributed by atoms with Crippen LogP contribution in [0.2, 0.25) is 0 Å². The van der Waals surface area contributed by atoms with Gasteiger partial charge in [0.05, 0.1) is 5.52 Å². The molecule has 0 amide bonds. The predicted molar refractivity (Wildman–Crippen MR) is 101 cm³/mol. The normalized spacial score (nSPS) is 11.5. The molecule has 1 aromatic heterocycles. The van der Waals surface area contributed by atoms with E-state index in [2.05, 4.69) is 15.9 Å². The largest absolute Gasteiger partial charge is 0.443 e. The molecule has 0 fully saturated rings. The summed E-state index contributed by atoms with van der Waals surface area (Å²) in [6.07, 6.45) is 1.16. The Morgan fingerprint density at radius 1 is 1.00 bits per heavy atom. The molecule has 0 aliphatic carbocycles. The topological polar surface area (TPSA) is 48.3 Å². The van der Waals surface area contributed by atoms with Crippen LogP contribution in [0, 0.1) is 0 Å². The smallest absolute Gasteiger partial charge is 0.419 e. The Bertz CT molecular complexity index is 952. The Hall–Kier alpha value is -2.40. The number of ether oxygens (including phenoxy) is 1. The molecule has 25 heavy (non-hydrogen) atoms. The van der Waals surface area contributed by atoms with Crippen LogP contribution in [0.3, 0.4) is 0 Å². The van der Waals surface area contributed by atoms with Crippen molar-refractivity contribution in [2.45, 2.75) is 26.4 Å². The van der Waals surface area contributed by atoms with Gasteiger partial charge in [-0.15, -0.1) is 0 Å². The fraction of sp³-hybridized carbons (Fsp3) is 0.200. The number of carbonyl (C=O) groups excluding carboxylic acids is 2. The number of benzene rings is 2. The van der Waals surface area contributed by atoms with Gasteiger partial charge in [0.1, 0.15) is 5.60 Å². The van der Waals surface area contributed by atoms with Gasteiger partial charge >= 0.3 is 6.09 Å². The molecule has 0 radical (unpaired) electrons. The number of hydrogen-bond donors (Lipinski definition) is 0. The first-order valence-corrected chi connectivity index (χ1v) is 8.70. The maximum atomic E-state index is 12.9. The first-order valence-electron chi connectivity index (χ1n) is 7.90. The molecule has 0 atom stereocenters. The second-order valence-electron chi connectivity index (χ2n) is 6.72. The Morgan fingerprint density at radius 3 is 2.32 bits per heavy atom. The molecular weight excluding hydrogens is 382 g/mol. The molecule has 0 spiro atoms. The highest BCUT2D eigenvalue weighted by Gasteiger charge is 2.23. The maximum Gasteiger partial charge on any atom is 0.419 e. The summed E-state index contributed by atoms with van der Waals surface area (Å²) in [7, 11) is 0. The molecule has 3 rings (SSSR count). The van der Waals surface area contributed by atoms with Gasteiger partial charge in [-0.1, -0.05) is 42.5 Å². The highest BCUT2D eigenvalue weighted by atomic mass is 79.9. The Kier molecular flexibility index (Phi) is 4.52. The fourth-order valence-electron chi connectivity index (χ4n) is 2.64. The lowest BCUT2D eigenvalue weighted by Crippen LogP contribution is -2.26. The highest BCUT2D eigenvalue weighted by Crippen LogP contribution is 2.31. The van der Waals surface area contributed by atoms with Gasteiger partial charge in [-0.2, -0.15) is 0 Å². The third-order valence-electron chi connectivity index (χ3n) is 3.65. The summed E-state index contributed by atoms with van der Waals surface area (Å²) >= 11 is 3.48. The van der Waals surface area contributed by atoms with Crippen LogP contribution in [0.5, 0.6) is 0 Å². The number of fused-ring (bicyclic) bond motifs is 1. The summed E-state index contributed by atoms with van der Waals surface area (Å²) in [5, 5.41) is 0.696. The molecule has 3 aromatic rings. The number of aromatic nitrogens is 1. The van der Waals surface area contributed by atoms with E-state index in [4.69, 9.17) is 4.74 Å². The molecular formula is C20H18BrNO3. The Labute approximate surface area is 154 Å². The molecule has 0 unspecified atom stereocenters. The quantitative estimate of drug-likeness (QED) is 0.540. The van der Waals surface area contributed by atoms with Gasteiger partial charge in [0.2, 0.25) is 0 Å². The van der Waals surface area contributed by atoms with Crippen molar-refractivity contribution in [3.05, 3.63) is 70.3 Å². The molecule has 1 heterocycles. The number of hydrogen-bond acceptors (Lipinski definition) is 3. The lowest BCUT2D eigenvalue weighted by atomic mass is 10.0. The van der Waals surface area contributed by atoms with Crippen LogP contribution in [-0.4, -0.2) is 22.0 Å². The second-order valence-corrected chi connectivity index (χ2v) is 7.58. The van der Waals surface area contributed by atoms with Gasteiger partial charge < -0.3 is 4.74 Å². The second kappa shape index (κ2) is 6.48. The number of nitrogens with zero attached hydrogens (tertiary/aromatic N) is 1. The van der Waals surface area contributed by atoms with Gasteiger partial charge in [0, 0.05) is 27.2 Å². The summed E-state index contributed by atoms with van der Waals surface area (Å²) in [6.45, 7) is 5.45. The first-order chi connectivity index (χ1) is 11.8. The third kappa shape index (κ3) is 3.51. The van der Waals surface area contributed by atoms with E-state index >= 15 is 0 Å². The average molecular weight is 400 g/mol. The number of carbonyl (C=O) groups is 2. The molecule has 0 N–H and O–H groups in total. The zero-order valence-corrected chi connectivity index (χ0v) is 15.8. The van der Waals surface area contributed by atoms with Crippen LogP contribution in [-0.2, 0) is 4.74 Å². The van der Waals surface area contributed by atoms with E-state index in [1.807, 2.05) is 39.0 Å². The monoisotopic (exact) mass is 399 g/mol. The summed E-state index contributed by atoms with van der Waals surface area (Å²) in [5.74, 6) is -0.0890. The lowest BCUT2D eigenvalue weighted by molar-refractivity contribution is 0.0544. The van der Waals surface area contributed by atoms with E-state index in [9.17, 15) is 9.59 Å². The molecule has 0 aliphatic rings. The molecule has 0 saturated carbocycles. The van der Waals surface area contributed by atoms with Gasteiger partial charge in [-0.3, -0.25) is 9.36 Å². The summed E-state index contributed by atoms with van der Waals surface area (Å²) in [4.78, 5) is 25.3. The van der Waals surface area contributed by atoms with Crippen molar-refractivity contribution in [1.29, 1.82) is 0 Å². The molecule has 0 aliphatic heterocycles. The minimum absolute atomic E-state index is 0.0890. The van der Waals surface area contributed by atoms with E-state index in [0.717, 1.165) is 0 Å². The van der Waals surface area contributed by atoms with Crippen LogP contribution in [0.4, 0.5) is 4.79 Å². The standard InChI is InChI=1S/C20H18BrNO3/c1-20(2,3)25-19(24)22-12-15(21)17-14(10-7-11-16(17)22)18(23)13-8-5-4-6-9-13/h4-12H,1-3H3. The van der Waals surface area contributed by atoms with Crippen LogP contribution in [0.25, 0.3) is 10.9 Å². The van der Waals surface area contributed by atoms with E-state index in [1.54, 1.807) is 36.5 Å². The summed E-state index contributed by atoms with van der Waals surface area (Å²) in [5.41, 5.74) is 1.17. The van der Waals surface area contributed by atoms with Gasteiger partial charge in [0.25, 0.3) is 0 Å². The van der Waals surface area contributed by atoms with Gasteiger partial charge in [0.15, 0.2) is 5.78 Å². The summed E-state index contributed by atoms with van der Waals surface area (Å²) in [6, 6.07) is 14.4. The highest BCUT2D eigenvalue weighted by molar-refractivity contribution is 9.10. The number of ketones is 1. The molecule has 5 heteroatoms. The van der Waals surface area contributed by atoms with Crippen molar-refractivity contribution >= 4 is 38.7 Å². The number of halogens is 1. The molecule has 2 aromatic carbocycles. The Balaban J connectivity index is 2.12. The van der Waals surface area contributed by atoms with E-state index < -0.39 is 11.7 Å².